The van der Waals surface area contributed by atoms with Gasteiger partial charge in [-0.2, -0.15) is 0 Å². The van der Waals surface area contributed by atoms with Gasteiger partial charge in [0.25, 0.3) is 0 Å². The summed E-state index contributed by atoms with van der Waals surface area (Å²) in [5.74, 6) is -0.295. The Balaban J connectivity index is 1.92. The van der Waals surface area contributed by atoms with Crippen LogP contribution in [0.2, 0.25) is 0 Å². The molecule has 0 heterocycles. The van der Waals surface area contributed by atoms with Gasteiger partial charge in [0.15, 0.2) is 11.6 Å². The number of carbonyl (C=O) groups excluding carboxylic acids is 2. The van der Waals surface area contributed by atoms with Crippen LogP contribution >= 0.6 is 0 Å². The normalized spacial score (nSPS) is 16.1. The van der Waals surface area contributed by atoms with E-state index in [9.17, 15) is 9.59 Å². The highest BCUT2D eigenvalue weighted by Crippen LogP contribution is 2.21. The fourth-order valence-electron chi connectivity index (χ4n) is 4.03. The van der Waals surface area contributed by atoms with E-state index < -0.39 is 0 Å². The van der Waals surface area contributed by atoms with Gasteiger partial charge in [0.2, 0.25) is 0 Å². The lowest BCUT2D eigenvalue weighted by Crippen LogP contribution is -2.30. The van der Waals surface area contributed by atoms with Crippen molar-refractivity contribution in [2.45, 2.75) is 0 Å². The number of allylic oxidation sites excluding steroid dienone is 4. The highest BCUT2D eigenvalue weighted by molar-refractivity contribution is 6.49. The predicted octanol–water partition coefficient (Wildman–Crippen LogP) is 1.59. The van der Waals surface area contributed by atoms with Crippen LogP contribution in [-0.4, -0.2) is 49.6 Å². The summed E-state index contributed by atoms with van der Waals surface area (Å²) in [5, 5.41) is 3.63. The molecular weight excluding hydrogens is 420 g/mol. The van der Waals surface area contributed by atoms with E-state index in [1.54, 1.807) is 12.2 Å². The molecule has 0 atom stereocenters. The van der Waals surface area contributed by atoms with Gasteiger partial charge in [-0.3, -0.25) is 9.59 Å². The minimum Gasteiger partial charge on any atom is -0.383 e. The maximum atomic E-state index is 13.1. The third-order valence-electron chi connectivity index (χ3n) is 5.61. The Morgan fingerprint density at radius 2 is 1.00 bits per heavy atom. The highest BCUT2D eigenvalue weighted by atomic mass is 16.1. The van der Waals surface area contributed by atoms with Gasteiger partial charge in [0, 0.05) is 39.3 Å². The second-order valence-electron chi connectivity index (χ2n) is 8.78. The van der Waals surface area contributed by atoms with Gasteiger partial charge in [-0.25, -0.2) is 0 Å². The first kappa shape index (κ1) is 23.0. The number of nitrogens with zero attached hydrogens (tertiary/aromatic N) is 2. The first-order valence-electron chi connectivity index (χ1n) is 11.2. The summed E-state index contributed by atoms with van der Waals surface area (Å²) in [7, 11) is 7.88. The predicted molar refractivity (Wildman–Crippen MR) is 141 cm³/mol. The summed E-state index contributed by atoms with van der Waals surface area (Å²) in [6.45, 7) is 0. The van der Waals surface area contributed by atoms with Crippen molar-refractivity contribution in [2.24, 2.45) is 0 Å². The van der Waals surface area contributed by atoms with E-state index in [-0.39, 0.29) is 11.6 Å². The standard InChI is InChI=1S/C30H28N2O2/c1-31(2)17-5-7-21-9-13-25-23(19-21)11-15-27(33)29(25)30-26-14-10-22(8-6-18-32(3)4)20-24(26)12-16-28(30)34/h5-20H,1-4H3. The van der Waals surface area contributed by atoms with Gasteiger partial charge in [0.05, 0.1) is 0 Å². The molecule has 4 nitrogen and oxygen atoms in total. The fourth-order valence-corrected chi connectivity index (χ4v) is 4.03. The Hall–Kier alpha value is -4.18. The average molecular weight is 449 g/mol. The molecule has 0 aromatic heterocycles. The molecule has 0 saturated heterocycles. The van der Waals surface area contributed by atoms with Crippen molar-refractivity contribution in [1.82, 2.24) is 9.80 Å². The van der Waals surface area contributed by atoms with E-state index in [2.05, 4.69) is 0 Å². The summed E-state index contributed by atoms with van der Waals surface area (Å²) >= 11 is 0. The molecule has 0 spiro atoms. The van der Waals surface area contributed by atoms with Gasteiger partial charge < -0.3 is 9.80 Å². The summed E-state index contributed by atoms with van der Waals surface area (Å²) in [6, 6.07) is 11.9. The van der Waals surface area contributed by atoms with E-state index in [1.807, 2.05) is 123 Å². The molecule has 0 radical (unpaired) electrons. The van der Waals surface area contributed by atoms with Gasteiger partial charge in [0.1, 0.15) is 0 Å². The summed E-state index contributed by atoms with van der Waals surface area (Å²) < 4.78 is 0. The van der Waals surface area contributed by atoms with E-state index in [1.165, 1.54) is 0 Å². The van der Waals surface area contributed by atoms with Crippen molar-refractivity contribution in [3.63, 3.8) is 0 Å². The molecule has 34 heavy (non-hydrogen) atoms. The monoisotopic (exact) mass is 448 g/mol. The van der Waals surface area contributed by atoms with Crippen LogP contribution in [0, 0.1) is 0 Å². The lowest BCUT2D eigenvalue weighted by atomic mass is 9.85. The van der Waals surface area contributed by atoms with Crippen LogP contribution < -0.4 is 20.9 Å². The van der Waals surface area contributed by atoms with Crippen molar-refractivity contribution in [2.75, 3.05) is 28.2 Å². The summed E-state index contributed by atoms with van der Waals surface area (Å²) in [4.78, 5) is 30.0. The Kier molecular flexibility index (Phi) is 6.60. The summed E-state index contributed by atoms with van der Waals surface area (Å²) in [6.07, 6.45) is 18.7. The minimum absolute atomic E-state index is 0.147. The molecule has 0 N–H and O–H groups in total. The second-order valence-corrected chi connectivity index (χ2v) is 8.78. The van der Waals surface area contributed by atoms with Crippen molar-refractivity contribution in [3.8, 4) is 0 Å². The van der Waals surface area contributed by atoms with Crippen LogP contribution in [0.1, 0.15) is 11.1 Å². The molecule has 170 valence electrons. The Labute approximate surface area is 199 Å². The molecule has 0 unspecified atom stereocenters. The molecule has 2 aromatic carbocycles. The number of carbonyl (C=O) groups is 2. The second kappa shape index (κ2) is 9.75. The molecular formula is C30H28N2O2. The molecule has 0 bridgehead atoms. The topological polar surface area (TPSA) is 40.6 Å². The highest BCUT2D eigenvalue weighted by Gasteiger charge is 2.24. The lowest BCUT2D eigenvalue weighted by Gasteiger charge is -2.16. The van der Waals surface area contributed by atoms with Gasteiger partial charge >= 0.3 is 0 Å². The number of ketones is 2. The van der Waals surface area contributed by atoms with E-state index in [0.717, 1.165) is 32.0 Å². The van der Waals surface area contributed by atoms with Crippen LogP contribution in [0.4, 0.5) is 0 Å². The van der Waals surface area contributed by atoms with E-state index in [4.69, 9.17) is 0 Å². The molecule has 0 fully saturated rings. The van der Waals surface area contributed by atoms with Gasteiger partial charge in [-0.15, -0.1) is 0 Å². The van der Waals surface area contributed by atoms with Crippen molar-refractivity contribution in [1.29, 1.82) is 0 Å². The SMILES string of the molecule is CN(C)C=CC=c1ccc2c(c1)C=CC(=O)C=2C1=c2ccc(=CC=CN(C)C)cc2C=CC1=O. The van der Waals surface area contributed by atoms with Crippen molar-refractivity contribution >= 4 is 47.0 Å². The van der Waals surface area contributed by atoms with Gasteiger partial charge in [-0.1, -0.05) is 48.6 Å². The lowest BCUT2D eigenvalue weighted by molar-refractivity contribution is -0.111. The third kappa shape index (κ3) is 4.91. The molecule has 2 aliphatic carbocycles. The van der Waals surface area contributed by atoms with Crippen molar-refractivity contribution in [3.05, 3.63) is 105 Å². The van der Waals surface area contributed by atoms with Crippen molar-refractivity contribution < 1.29 is 9.59 Å². The molecule has 2 aromatic rings. The van der Waals surface area contributed by atoms with E-state index in [0.29, 0.717) is 11.1 Å². The average Bonchev–Trinajstić information content (AvgIpc) is 2.79. The van der Waals surface area contributed by atoms with Crippen LogP contribution in [0.25, 0.3) is 35.5 Å². The number of hydrogen-bond acceptors (Lipinski definition) is 4. The first-order chi connectivity index (χ1) is 16.3. The van der Waals surface area contributed by atoms with Crippen LogP contribution in [-0.2, 0) is 9.59 Å². The van der Waals surface area contributed by atoms with E-state index >= 15 is 0 Å². The van der Waals surface area contributed by atoms with Crippen LogP contribution in [0.5, 0.6) is 0 Å². The first-order valence-corrected chi connectivity index (χ1v) is 11.2. The number of benzene rings is 2. The Bertz CT molecular complexity index is 1410. The Morgan fingerprint density at radius 1 is 0.588 bits per heavy atom. The molecule has 0 amide bonds. The summed E-state index contributed by atoms with van der Waals surface area (Å²) in [5.41, 5.74) is 2.79. The van der Waals surface area contributed by atoms with Crippen LogP contribution in [0.15, 0.2) is 73.1 Å². The molecule has 4 rings (SSSR count). The maximum Gasteiger partial charge on any atom is 0.187 e. The van der Waals surface area contributed by atoms with Gasteiger partial charge in [-0.05, 0) is 80.8 Å². The van der Waals surface area contributed by atoms with Crippen LogP contribution in [0.3, 0.4) is 0 Å². The molecule has 0 aliphatic heterocycles. The fraction of sp³-hybridized carbons (Fsp3) is 0.133. The number of rotatable bonds is 5. The Morgan fingerprint density at radius 3 is 1.38 bits per heavy atom. The molecule has 0 saturated carbocycles. The third-order valence-corrected chi connectivity index (χ3v) is 5.61. The quantitative estimate of drug-likeness (QED) is 0.697. The zero-order valence-corrected chi connectivity index (χ0v) is 19.9. The minimum atomic E-state index is -0.147. The number of hydrogen-bond donors (Lipinski definition) is 0. The molecule has 4 heteroatoms. The number of fused-ring (bicyclic) bond motifs is 2. The zero-order valence-electron chi connectivity index (χ0n) is 19.9. The molecule has 2 aliphatic rings. The zero-order chi connectivity index (χ0) is 24.2. The smallest absolute Gasteiger partial charge is 0.187 e. The largest absolute Gasteiger partial charge is 0.383 e. The maximum absolute atomic E-state index is 13.1.